The van der Waals surface area contributed by atoms with E-state index in [1.165, 1.54) is 0 Å². The van der Waals surface area contributed by atoms with E-state index < -0.39 is 0 Å². The summed E-state index contributed by atoms with van der Waals surface area (Å²) in [6.07, 6.45) is 0. The second-order valence-electron chi connectivity index (χ2n) is 4.30. The number of ether oxygens (including phenoxy) is 1. The molecule has 1 heterocycles. The minimum Gasteiger partial charge on any atom is -0.495 e. The van der Waals surface area contributed by atoms with Crippen LogP contribution in [0.1, 0.15) is 16.5 Å². The summed E-state index contributed by atoms with van der Waals surface area (Å²) in [5, 5.41) is 6.08. The molecule has 20 heavy (non-hydrogen) atoms. The molecule has 2 aromatic rings. The Morgan fingerprint density at radius 3 is 2.75 bits per heavy atom. The molecule has 0 amide bonds. The molecule has 0 saturated carbocycles. The van der Waals surface area contributed by atoms with Crippen LogP contribution in [0.25, 0.3) is 0 Å². The number of hydrazone groups is 1. The lowest BCUT2D eigenvalue weighted by Gasteiger charge is -2.11. The molecule has 0 aromatic heterocycles. The Labute approximate surface area is 127 Å². The van der Waals surface area contributed by atoms with Crippen molar-refractivity contribution >= 4 is 28.4 Å². The molecule has 1 aliphatic rings. The Morgan fingerprint density at radius 2 is 2.00 bits per heavy atom. The van der Waals surface area contributed by atoms with Gasteiger partial charge in [-0.15, -0.1) is 0 Å². The number of nitrogens with one attached hydrogen (secondary N) is 1. The molecule has 0 radical (unpaired) electrons. The number of hydrogen-bond acceptors (Lipinski definition) is 4. The van der Waals surface area contributed by atoms with Gasteiger partial charge in [0, 0.05) is 5.56 Å². The Balaban J connectivity index is 1.79. The Bertz CT molecular complexity index is 646. The Morgan fingerprint density at radius 1 is 1.20 bits per heavy atom. The third-order valence-electron chi connectivity index (χ3n) is 3.01. The van der Waals surface area contributed by atoms with Crippen LogP contribution in [-0.2, 0) is 0 Å². The van der Waals surface area contributed by atoms with Crippen molar-refractivity contribution in [1.29, 1.82) is 0 Å². The van der Waals surface area contributed by atoms with Gasteiger partial charge in [-0.05, 0) is 17.7 Å². The van der Waals surface area contributed by atoms with Gasteiger partial charge in [-0.2, -0.15) is 5.10 Å². The molecule has 3 rings (SSSR count). The van der Waals surface area contributed by atoms with Crippen LogP contribution in [0.15, 0.2) is 53.6 Å². The summed E-state index contributed by atoms with van der Waals surface area (Å²) in [7, 11) is 1.62. The highest BCUT2D eigenvalue weighted by molar-refractivity contribution is 8.14. The number of benzene rings is 2. The highest BCUT2D eigenvalue weighted by Crippen LogP contribution is 2.37. The van der Waals surface area contributed by atoms with Gasteiger partial charge in [0.25, 0.3) is 0 Å². The fraction of sp³-hybridized carbons (Fsp3) is 0.133. The second kappa shape index (κ2) is 5.77. The fourth-order valence-corrected chi connectivity index (χ4v) is 3.16. The van der Waals surface area contributed by atoms with Crippen LogP contribution in [-0.4, -0.2) is 12.2 Å². The van der Waals surface area contributed by atoms with Gasteiger partial charge in [-0.3, -0.25) is 5.43 Å². The van der Waals surface area contributed by atoms with Gasteiger partial charge in [0.05, 0.1) is 12.1 Å². The molecule has 0 aliphatic carbocycles. The second-order valence-corrected chi connectivity index (χ2v) is 5.80. The highest BCUT2D eigenvalue weighted by Gasteiger charge is 2.22. The third kappa shape index (κ3) is 2.62. The standard InChI is InChI=1S/C15H13ClN2OS/c1-19-13-9-11(7-8-12(13)16)15-18-17-14(20-15)10-5-3-2-4-6-10/h2-9,15,18H,1H3/t15-/m0/s1. The Hall–Kier alpha value is -1.65. The first-order valence-electron chi connectivity index (χ1n) is 6.16. The summed E-state index contributed by atoms with van der Waals surface area (Å²) in [4.78, 5) is 0. The van der Waals surface area contributed by atoms with E-state index in [1.54, 1.807) is 18.9 Å². The lowest BCUT2D eigenvalue weighted by Crippen LogP contribution is -2.06. The number of hydrogen-bond donors (Lipinski definition) is 1. The van der Waals surface area contributed by atoms with E-state index in [2.05, 4.69) is 22.7 Å². The van der Waals surface area contributed by atoms with Crippen LogP contribution in [0.3, 0.4) is 0 Å². The van der Waals surface area contributed by atoms with Crippen LogP contribution >= 0.6 is 23.4 Å². The van der Waals surface area contributed by atoms with Crippen LogP contribution in [0.2, 0.25) is 5.02 Å². The van der Waals surface area contributed by atoms with Gasteiger partial charge >= 0.3 is 0 Å². The predicted molar refractivity (Wildman–Crippen MR) is 84.5 cm³/mol. The summed E-state index contributed by atoms with van der Waals surface area (Å²) in [6.45, 7) is 0. The van der Waals surface area contributed by atoms with Crippen molar-refractivity contribution in [3.63, 3.8) is 0 Å². The predicted octanol–water partition coefficient (Wildman–Crippen LogP) is 4.05. The van der Waals surface area contributed by atoms with Crippen molar-refractivity contribution in [2.45, 2.75) is 5.37 Å². The van der Waals surface area contributed by atoms with Gasteiger partial charge in [-0.1, -0.05) is 59.8 Å². The first-order chi connectivity index (χ1) is 9.78. The molecule has 3 nitrogen and oxygen atoms in total. The number of nitrogens with zero attached hydrogens (tertiary/aromatic N) is 1. The van der Waals surface area contributed by atoms with Gasteiger partial charge < -0.3 is 4.74 Å². The van der Waals surface area contributed by atoms with Gasteiger partial charge in [0.2, 0.25) is 0 Å². The number of halogens is 1. The van der Waals surface area contributed by atoms with Crippen molar-refractivity contribution in [2.75, 3.05) is 7.11 Å². The maximum atomic E-state index is 6.05. The SMILES string of the molecule is COc1cc([C@H]2NN=C(c3ccccc3)S2)ccc1Cl. The highest BCUT2D eigenvalue weighted by atomic mass is 35.5. The molecule has 0 fully saturated rings. The van der Waals surface area contributed by atoms with Crippen molar-refractivity contribution < 1.29 is 4.74 Å². The minimum atomic E-state index is 0.0800. The fourth-order valence-electron chi connectivity index (χ4n) is 1.98. The zero-order valence-corrected chi connectivity index (χ0v) is 12.4. The average Bonchev–Trinajstić information content (AvgIpc) is 2.98. The smallest absolute Gasteiger partial charge is 0.137 e. The van der Waals surface area contributed by atoms with Crippen LogP contribution in [0, 0.1) is 0 Å². The summed E-state index contributed by atoms with van der Waals surface area (Å²) >= 11 is 7.73. The molecule has 0 saturated heterocycles. The largest absolute Gasteiger partial charge is 0.495 e. The van der Waals surface area contributed by atoms with E-state index in [1.807, 2.05) is 36.4 Å². The van der Waals surface area contributed by atoms with E-state index in [9.17, 15) is 0 Å². The molecule has 1 atom stereocenters. The first kappa shape index (κ1) is 13.3. The van der Waals surface area contributed by atoms with Crippen LogP contribution in [0.4, 0.5) is 0 Å². The molecular formula is C15H13ClN2OS. The van der Waals surface area contributed by atoms with Crippen molar-refractivity contribution in [3.05, 3.63) is 64.7 Å². The van der Waals surface area contributed by atoms with Crippen molar-refractivity contribution in [1.82, 2.24) is 5.43 Å². The molecular weight excluding hydrogens is 292 g/mol. The van der Waals surface area contributed by atoms with E-state index in [0.29, 0.717) is 10.8 Å². The topological polar surface area (TPSA) is 33.6 Å². The van der Waals surface area contributed by atoms with E-state index in [4.69, 9.17) is 16.3 Å². The summed E-state index contributed by atoms with van der Waals surface area (Å²) in [5.41, 5.74) is 5.35. The van der Waals surface area contributed by atoms with Crippen LogP contribution < -0.4 is 10.2 Å². The zero-order valence-electron chi connectivity index (χ0n) is 10.8. The molecule has 1 N–H and O–H groups in total. The molecule has 0 unspecified atom stereocenters. The minimum absolute atomic E-state index is 0.0800. The van der Waals surface area contributed by atoms with E-state index >= 15 is 0 Å². The monoisotopic (exact) mass is 304 g/mol. The van der Waals surface area contributed by atoms with Crippen molar-refractivity contribution in [3.8, 4) is 5.75 Å². The third-order valence-corrected chi connectivity index (χ3v) is 4.49. The molecule has 5 heteroatoms. The van der Waals surface area contributed by atoms with E-state index in [0.717, 1.165) is 16.2 Å². The van der Waals surface area contributed by atoms with Gasteiger partial charge in [0.1, 0.15) is 16.2 Å². The summed E-state index contributed by atoms with van der Waals surface area (Å²) in [6, 6.07) is 15.9. The van der Waals surface area contributed by atoms with Gasteiger partial charge in [0.15, 0.2) is 0 Å². The van der Waals surface area contributed by atoms with Gasteiger partial charge in [-0.25, -0.2) is 0 Å². The Kier molecular flexibility index (Phi) is 3.85. The normalized spacial score (nSPS) is 17.5. The molecule has 0 spiro atoms. The van der Waals surface area contributed by atoms with Crippen LogP contribution in [0.5, 0.6) is 5.75 Å². The summed E-state index contributed by atoms with van der Waals surface area (Å²) in [5.74, 6) is 0.680. The maximum Gasteiger partial charge on any atom is 0.137 e. The maximum absolute atomic E-state index is 6.05. The summed E-state index contributed by atoms with van der Waals surface area (Å²) < 4.78 is 5.25. The average molecular weight is 305 g/mol. The molecule has 102 valence electrons. The lowest BCUT2D eigenvalue weighted by molar-refractivity contribution is 0.414. The van der Waals surface area contributed by atoms with Crippen molar-refractivity contribution in [2.24, 2.45) is 5.10 Å². The first-order valence-corrected chi connectivity index (χ1v) is 7.42. The quantitative estimate of drug-likeness (QED) is 0.929. The zero-order chi connectivity index (χ0) is 13.9. The van der Waals surface area contributed by atoms with E-state index in [-0.39, 0.29) is 5.37 Å². The molecule has 0 bridgehead atoms. The molecule has 2 aromatic carbocycles. The number of methoxy groups -OCH3 is 1. The number of thioether (sulfide) groups is 1. The molecule has 1 aliphatic heterocycles. The lowest BCUT2D eigenvalue weighted by atomic mass is 10.2. The number of rotatable bonds is 3.